The van der Waals surface area contributed by atoms with Crippen molar-refractivity contribution >= 4 is 21.7 Å². The van der Waals surface area contributed by atoms with Crippen LogP contribution in [0, 0.1) is 0 Å². The highest BCUT2D eigenvalue weighted by atomic mass is 79.9. The Morgan fingerprint density at radius 1 is 1.64 bits per heavy atom. The topological polar surface area (TPSA) is 24.9 Å². The van der Waals surface area contributed by atoms with Crippen LogP contribution in [0.1, 0.15) is 0 Å². The number of halogens is 1. The van der Waals surface area contributed by atoms with E-state index in [4.69, 9.17) is 0 Å². The zero-order valence-electron chi connectivity index (χ0n) is 6.05. The minimum atomic E-state index is 0.740. The Bertz CT molecular complexity index is 248. The molecule has 0 aliphatic rings. The van der Waals surface area contributed by atoms with Gasteiger partial charge in [0.1, 0.15) is 10.4 Å². The Hall–Kier alpha value is -0.830. The van der Waals surface area contributed by atoms with Gasteiger partial charge in [0.05, 0.1) is 0 Å². The summed E-state index contributed by atoms with van der Waals surface area (Å²) >= 11 is 3.28. The molecule has 0 saturated carbocycles. The van der Waals surface area contributed by atoms with Crippen LogP contribution in [0.15, 0.2) is 35.5 Å². The van der Waals surface area contributed by atoms with Crippen molar-refractivity contribution in [2.75, 3.05) is 11.9 Å². The molecule has 0 unspecified atom stereocenters. The van der Waals surface area contributed by atoms with Gasteiger partial charge in [-0.1, -0.05) is 12.1 Å². The molecule has 0 aromatic carbocycles. The number of nitrogens with zero attached hydrogens (tertiary/aromatic N) is 1. The summed E-state index contributed by atoms with van der Waals surface area (Å²) in [5.41, 5.74) is 0. The van der Waals surface area contributed by atoms with Crippen molar-refractivity contribution in [1.29, 1.82) is 0 Å². The molecule has 0 bridgehead atoms. The first-order chi connectivity index (χ1) is 5.33. The lowest BCUT2D eigenvalue weighted by Crippen LogP contribution is -1.99. The second-order valence-corrected chi connectivity index (χ2v) is 2.83. The third-order valence-electron chi connectivity index (χ3n) is 1.14. The lowest BCUT2D eigenvalue weighted by Gasteiger charge is -2.00. The van der Waals surface area contributed by atoms with Crippen LogP contribution >= 0.6 is 15.9 Å². The molecule has 58 valence electrons. The van der Waals surface area contributed by atoms with E-state index >= 15 is 0 Å². The molecular formula is C8H9BrN2. The maximum absolute atomic E-state index is 4.17. The van der Waals surface area contributed by atoms with Crippen molar-refractivity contribution in [2.45, 2.75) is 0 Å². The van der Waals surface area contributed by atoms with E-state index in [0.717, 1.165) is 17.0 Å². The lowest BCUT2D eigenvalue weighted by molar-refractivity contribution is 1.20. The summed E-state index contributed by atoms with van der Waals surface area (Å²) < 4.78 is 0.839. The molecule has 0 spiro atoms. The molecule has 0 saturated heterocycles. The summed E-state index contributed by atoms with van der Waals surface area (Å²) in [4.78, 5) is 4.17. The van der Waals surface area contributed by atoms with Gasteiger partial charge in [0.25, 0.3) is 0 Å². The van der Waals surface area contributed by atoms with E-state index in [1.54, 1.807) is 6.08 Å². The monoisotopic (exact) mass is 212 g/mol. The molecule has 1 aromatic heterocycles. The molecule has 0 fully saturated rings. The van der Waals surface area contributed by atoms with Crippen molar-refractivity contribution in [3.05, 3.63) is 35.5 Å². The van der Waals surface area contributed by atoms with Crippen LogP contribution in [0.3, 0.4) is 0 Å². The van der Waals surface area contributed by atoms with Crippen molar-refractivity contribution < 1.29 is 0 Å². The normalized spacial score (nSPS) is 9.18. The summed E-state index contributed by atoms with van der Waals surface area (Å²) in [7, 11) is 0. The first-order valence-electron chi connectivity index (χ1n) is 3.30. The molecule has 0 amide bonds. The van der Waals surface area contributed by atoms with Crippen LogP contribution in [0.25, 0.3) is 0 Å². The van der Waals surface area contributed by atoms with Crippen molar-refractivity contribution in [3.63, 3.8) is 0 Å². The zero-order chi connectivity index (χ0) is 8.10. The predicted octanol–water partition coefficient (Wildman–Crippen LogP) is 2.44. The summed E-state index contributed by atoms with van der Waals surface area (Å²) in [5.74, 6) is 0.860. The average Bonchev–Trinajstić information content (AvgIpc) is 2.01. The Labute approximate surface area is 74.5 Å². The van der Waals surface area contributed by atoms with Gasteiger partial charge in [-0.3, -0.25) is 0 Å². The number of hydrogen-bond acceptors (Lipinski definition) is 2. The minimum Gasteiger partial charge on any atom is -0.367 e. The van der Waals surface area contributed by atoms with Crippen LogP contribution in [0.2, 0.25) is 0 Å². The summed E-state index contributed by atoms with van der Waals surface area (Å²) in [6.07, 6.45) is 1.79. The van der Waals surface area contributed by atoms with Gasteiger partial charge in [0.2, 0.25) is 0 Å². The number of rotatable bonds is 3. The standard InChI is InChI=1S/C8H9BrN2/c1-2-6-10-8-5-3-4-7(9)11-8/h2-5H,1,6H2,(H,10,11). The third kappa shape index (κ3) is 2.72. The number of anilines is 1. The Kier molecular flexibility index (Phi) is 3.11. The molecule has 3 heteroatoms. The molecule has 11 heavy (non-hydrogen) atoms. The molecule has 0 aliphatic heterocycles. The highest BCUT2D eigenvalue weighted by Gasteiger charge is 1.90. The van der Waals surface area contributed by atoms with Gasteiger partial charge in [-0.2, -0.15) is 0 Å². The Balaban J connectivity index is 2.63. The van der Waals surface area contributed by atoms with E-state index < -0.39 is 0 Å². The van der Waals surface area contributed by atoms with Gasteiger partial charge in [0, 0.05) is 6.54 Å². The van der Waals surface area contributed by atoms with E-state index in [1.165, 1.54) is 0 Å². The zero-order valence-corrected chi connectivity index (χ0v) is 7.63. The lowest BCUT2D eigenvalue weighted by atomic mass is 10.4. The van der Waals surface area contributed by atoms with Crippen molar-refractivity contribution in [3.8, 4) is 0 Å². The van der Waals surface area contributed by atoms with Gasteiger partial charge in [0.15, 0.2) is 0 Å². The fraction of sp³-hybridized carbons (Fsp3) is 0.125. The van der Waals surface area contributed by atoms with Gasteiger partial charge in [-0.15, -0.1) is 6.58 Å². The maximum atomic E-state index is 4.17. The van der Waals surface area contributed by atoms with E-state index in [-0.39, 0.29) is 0 Å². The van der Waals surface area contributed by atoms with Gasteiger partial charge in [-0.25, -0.2) is 4.98 Å². The Morgan fingerprint density at radius 2 is 2.45 bits per heavy atom. The average molecular weight is 213 g/mol. The van der Waals surface area contributed by atoms with Crippen LogP contribution < -0.4 is 5.32 Å². The van der Waals surface area contributed by atoms with E-state index in [2.05, 4.69) is 32.8 Å². The second-order valence-electron chi connectivity index (χ2n) is 2.02. The fourth-order valence-corrected chi connectivity index (χ4v) is 1.03. The van der Waals surface area contributed by atoms with Crippen LogP contribution in [0.4, 0.5) is 5.82 Å². The minimum absolute atomic E-state index is 0.740. The fourth-order valence-electron chi connectivity index (χ4n) is 0.683. The van der Waals surface area contributed by atoms with E-state index in [0.29, 0.717) is 0 Å². The molecule has 2 nitrogen and oxygen atoms in total. The van der Waals surface area contributed by atoms with Crippen LogP contribution in [-0.2, 0) is 0 Å². The maximum Gasteiger partial charge on any atom is 0.127 e. The quantitative estimate of drug-likeness (QED) is 0.616. The first-order valence-corrected chi connectivity index (χ1v) is 4.09. The molecule has 1 aromatic rings. The van der Waals surface area contributed by atoms with Crippen LogP contribution in [-0.4, -0.2) is 11.5 Å². The Morgan fingerprint density at radius 3 is 3.09 bits per heavy atom. The molecule has 0 atom stereocenters. The molecule has 1 heterocycles. The number of pyridine rings is 1. The van der Waals surface area contributed by atoms with Gasteiger partial charge < -0.3 is 5.32 Å². The van der Waals surface area contributed by atoms with Gasteiger partial charge >= 0.3 is 0 Å². The molecule has 1 N–H and O–H groups in total. The number of hydrogen-bond donors (Lipinski definition) is 1. The molecule has 1 rings (SSSR count). The molecular weight excluding hydrogens is 204 g/mol. The SMILES string of the molecule is C=CCNc1cccc(Br)n1. The molecule has 0 aliphatic carbocycles. The van der Waals surface area contributed by atoms with Crippen LogP contribution in [0.5, 0.6) is 0 Å². The third-order valence-corrected chi connectivity index (χ3v) is 1.58. The first kappa shape index (κ1) is 8.27. The predicted molar refractivity (Wildman–Crippen MR) is 50.6 cm³/mol. The summed E-state index contributed by atoms with van der Waals surface area (Å²) in [6.45, 7) is 4.34. The number of aromatic nitrogens is 1. The highest BCUT2D eigenvalue weighted by molar-refractivity contribution is 9.10. The largest absolute Gasteiger partial charge is 0.367 e. The summed E-state index contributed by atoms with van der Waals surface area (Å²) in [6, 6.07) is 5.73. The van der Waals surface area contributed by atoms with Gasteiger partial charge in [-0.05, 0) is 28.1 Å². The smallest absolute Gasteiger partial charge is 0.127 e. The molecule has 0 radical (unpaired) electrons. The van der Waals surface area contributed by atoms with Crippen molar-refractivity contribution in [1.82, 2.24) is 4.98 Å². The second kappa shape index (κ2) is 4.13. The summed E-state index contributed by atoms with van der Waals surface area (Å²) in [5, 5.41) is 3.08. The number of nitrogens with one attached hydrogen (secondary N) is 1. The van der Waals surface area contributed by atoms with E-state index in [1.807, 2.05) is 18.2 Å². The highest BCUT2D eigenvalue weighted by Crippen LogP contribution is 2.09. The van der Waals surface area contributed by atoms with Crippen molar-refractivity contribution in [2.24, 2.45) is 0 Å². The van der Waals surface area contributed by atoms with E-state index in [9.17, 15) is 0 Å².